The van der Waals surface area contributed by atoms with Gasteiger partial charge in [0, 0.05) is 35.8 Å². The number of piperidine rings is 1. The lowest BCUT2D eigenvalue weighted by Gasteiger charge is -2.67. The maximum absolute atomic E-state index is 10.7. The molecule has 2 bridgehead atoms. The molecule has 7 heteroatoms. The quantitative estimate of drug-likeness (QED) is 0.678. The van der Waals surface area contributed by atoms with E-state index < -0.39 is 0 Å². The highest BCUT2D eigenvalue weighted by Crippen LogP contribution is 2.66. The van der Waals surface area contributed by atoms with Crippen molar-refractivity contribution in [2.45, 2.75) is 55.2 Å². The number of likely N-dealkylation sites (N-methyl/N-ethyl adjacent to an activating group) is 3. The topological polar surface area (TPSA) is 78.2 Å². The molecule has 7 nitrogen and oxygen atoms in total. The van der Waals surface area contributed by atoms with E-state index in [1.54, 1.807) is 31.7 Å². The number of carbonyl (C=O) groups is 1. The van der Waals surface area contributed by atoms with Crippen LogP contribution in [0.5, 0.6) is 11.5 Å². The summed E-state index contributed by atoms with van der Waals surface area (Å²) < 4.78 is 11.2. The van der Waals surface area contributed by atoms with Gasteiger partial charge in [0.2, 0.25) is 5.91 Å². The first-order valence-corrected chi connectivity index (χ1v) is 12.2. The van der Waals surface area contributed by atoms with E-state index in [1.807, 2.05) is 6.07 Å². The van der Waals surface area contributed by atoms with Gasteiger partial charge in [-0.2, -0.15) is 0 Å². The Kier molecular flexibility index (Phi) is 5.73. The zero-order valence-corrected chi connectivity index (χ0v) is 20.5. The first-order chi connectivity index (χ1) is 16.3. The number of nitrogens with zero attached hydrogens (tertiary/aromatic N) is 2. The van der Waals surface area contributed by atoms with Gasteiger partial charge in [-0.1, -0.05) is 6.07 Å². The Balaban J connectivity index is 0.000000186. The van der Waals surface area contributed by atoms with Gasteiger partial charge in [0.15, 0.2) is 11.5 Å². The fourth-order valence-corrected chi connectivity index (χ4v) is 7.29. The Hall–Kier alpha value is -2.77. The number of likely N-dealkylation sites (tertiary alicyclic amines) is 1. The highest BCUT2D eigenvalue weighted by atomic mass is 16.5. The molecule has 1 aromatic heterocycles. The smallest absolute Gasteiger partial charge is 0.243 e. The van der Waals surface area contributed by atoms with E-state index in [4.69, 9.17) is 9.15 Å². The highest BCUT2D eigenvalue weighted by molar-refractivity contribution is 5.91. The Bertz CT molecular complexity index is 1100. The molecule has 4 aliphatic rings. The maximum atomic E-state index is 10.7. The van der Waals surface area contributed by atoms with Crippen LogP contribution < -0.4 is 10.1 Å². The summed E-state index contributed by atoms with van der Waals surface area (Å²) in [5.74, 6) is 1.01. The van der Waals surface area contributed by atoms with Crippen molar-refractivity contribution in [1.82, 2.24) is 15.1 Å². The third kappa shape index (κ3) is 3.13. The SMILES string of the molecule is CN1CC[C@]23c4c5ccc(O)c4O[C@H]2CCC[C@@]3(N(C)C)[C@H]1C5.CNC(=O)/C=C/c1ccoc1. The van der Waals surface area contributed by atoms with Crippen LogP contribution >= 0.6 is 0 Å². The molecule has 1 saturated heterocycles. The molecular weight excluding hydrogens is 430 g/mol. The normalized spacial score (nSPS) is 31.0. The lowest BCUT2D eigenvalue weighted by Crippen LogP contribution is -2.79. The molecule has 0 radical (unpaired) electrons. The first kappa shape index (κ1) is 23.0. The zero-order chi connectivity index (χ0) is 24.1. The molecule has 2 fully saturated rings. The van der Waals surface area contributed by atoms with Crippen LogP contribution in [-0.2, 0) is 16.6 Å². The van der Waals surface area contributed by atoms with Crippen LogP contribution in [0.4, 0.5) is 0 Å². The van der Waals surface area contributed by atoms with Crippen molar-refractivity contribution in [1.29, 1.82) is 0 Å². The minimum absolute atomic E-state index is 0.0492. The van der Waals surface area contributed by atoms with E-state index in [2.05, 4.69) is 42.3 Å². The number of ether oxygens (including phenoxy) is 1. The van der Waals surface area contributed by atoms with E-state index >= 15 is 0 Å². The molecule has 2 aromatic rings. The van der Waals surface area contributed by atoms with Gasteiger partial charge in [-0.15, -0.1) is 0 Å². The van der Waals surface area contributed by atoms with Crippen molar-refractivity contribution in [2.24, 2.45) is 0 Å². The predicted octanol–water partition coefficient (Wildman–Crippen LogP) is 3.17. The predicted molar refractivity (Wildman–Crippen MR) is 131 cm³/mol. The molecule has 2 N–H and O–H groups in total. The molecule has 1 amide bonds. The van der Waals surface area contributed by atoms with Crippen LogP contribution in [0, 0.1) is 0 Å². The van der Waals surface area contributed by atoms with Gasteiger partial charge in [-0.25, -0.2) is 0 Å². The van der Waals surface area contributed by atoms with Crippen LogP contribution in [0.15, 0.2) is 41.2 Å². The van der Waals surface area contributed by atoms with E-state index in [0.29, 0.717) is 11.8 Å². The van der Waals surface area contributed by atoms with Crippen molar-refractivity contribution in [2.75, 3.05) is 34.7 Å². The maximum Gasteiger partial charge on any atom is 0.243 e. The molecule has 34 heavy (non-hydrogen) atoms. The van der Waals surface area contributed by atoms with Crippen molar-refractivity contribution in [3.8, 4) is 11.5 Å². The van der Waals surface area contributed by atoms with E-state index in [1.165, 1.54) is 30.0 Å². The third-order valence-corrected chi connectivity index (χ3v) is 8.65. The Morgan fingerprint density at radius 3 is 2.82 bits per heavy atom. The average molecular weight is 466 g/mol. The minimum Gasteiger partial charge on any atom is -0.504 e. The summed E-state index contributed by atoms with van der Waals surface area (Å²) in [4.78, 5) is 15.7. The van der Waals surface area contributed by atoms with Gasteiger partial charge in [0.1, 0.15) is 6.10 Å². The summed E-state index contributed by atoms with van der Waals surface area (Å²) in [6, 6.07) is 6.28. The molecule has 0 unspecified atom stereocenters. The van der Waals surface area contributed by atoms with Crippen molar-refractivity contribution in [3.63, 3.8) is 0 Å². The molecule has 4 atom stereocenters. The minimum atomic E-state index is -0.119. The molecule has 6 rings (SSSR count). The highest BCUT2D eigenvalue weighted by Gasteiger charge is 2.71. The van der Waals surface area contributed by atoms with Gasteiger partial charge in [0.25, 0.3) is 0 Å². The summed E-state index contributed by atoms with van der Waals surface area (Å²) >= 11 is 0. The van der Waals surface area contributed by atoms with Crippen LogP contribution in [0.3, 0.4) is 0 Å². The fraction of sp³-hybridized carbons (Fsp3) is 0.519. The number of phenols is 1. The Morgan fingerprint density at radius 1 is 1.29 bits per heavy atom. The second kappa shape index (κ2) is 8.47. The van der Waals surface area contributed by atoms with Gasteiger partial charge < -0.3 is 29.4 Å². The number of rotatable bonds is 3. The number of furan rings is 1. The van der Waals surface area contributed by atoms with Gasteiger partial charge in [-0.05, 0) is 83.6 Å². The number of phenolic OH excluding ortho intramolecular Hbond substituents is 1. The number of nitrogens with one attached hydrogen (secondary N) is 1. The van der Waals surface area contributed by atoms with E-state index in [9.17, 15) is 9.90 Å². The molecule has 1 saturated carbocycles. The third-order valence-electron chi connectivity index (χ3n) is 8.65. The molecule has 2 aliphatic heterocycles. The number of carbonyl (C=O) groups excluding carboxylic acids is 1. The summed E-state index contributed by atoms with van der Waals surface area (Å²) in [7, 11) is 8.38. The fourth-order valence-electron chi connectivity index (χ4n) is 7.29. The molecule has 1 aromatic carbocycles. The number of aromatic hydroxyl groups is 1. The number of hydrogen-bond acceptors (Lipinski definition) is 6. The van der Waals surface area contributed by atoms with E-state index in [-0.39, 0.29) is 23.0 Å². The average Bonchev–Trinajstić information content (AvgIpc) is 3.47. The molecule has 2 aliphatic carbocycles. The Morgan fingerprint density at radius 2 is 2.12 bits per heavy atom. The monoisotopic (exact) mass is 465 g/mol. The number of amides is 1. The van der Waals surface area contributed by atoms with Crippen LogP contribution in [0.1, 0.15) is 42.4 Å². The molecule has 3 heterocycles. The van der Waals surface area contributed by atoms with Crippen LogP contribution in [-0.4, -0.2) is 73.2 Å². The number of benzene rings is 1. The van der Waals surface area contributed by atoms with Gasteiger partial charge >= 0.3 is 0 Å². The second-order valence-corrected chi connectivity index (χ2v) is 10.2. The first-order valence-electron chi connectivity index (χ1n) is 12.2. The van der Waals surface area contributed by atoms with Gasteiger partial charge in [0.05, 0.1) is 17.9 Å². The van der Waals surface area contributed by atoms with Crippen molar-refractivity contribution >= 4 is 12.0 Å². The molecule has 1 spiro atoms. The lowest BCUT2D eigenvalue weighted by atomic mass is 9.47. The summed E-state index contributed by atoms with van der Waals surface area (Å²) in [6.45, 7) is 1.12. The van der Waals surface area contributed by atoms with Crippen LogP contribution in [0.25, 0.3) is 6.08 Å². The van der Waals surface area contributed by atoms with E-state index in [0.717, 1.165) is 37.1 Å². The number of hydrogen-bond donors (Lipinski definition) is 2. The molecule has 182 valence electrons. The largest absolute Gasteiger partial charge is 0.504 e. The van der Waals surface area contributed by atoms with Crippen molar-refractivity contribution in [3.05, 3.63) is 53.5 Å². The Labute approximate surface area is 201 Å². The standard InChI is InChI=1S/C19H26N2O2.C8H9NO2/c1-20(2)19-8-4-5-15-18(19)9-10-21(3)14(19)11-12-6-7-13(22)17(23-15)16(12)18;1-9-8(10)3-2-7-4-5-11-6-7/h6-7,14-15,22H,4-5,8-11H2,1-3H3;2-6H,1H3,(H,9,10)/b;3-2+/t14-,15+,18-,19-;/m1./s1. The summed E-state index contributed by atoms with van der Waals surface area (Å²) in [5, 5.41) is 12.9. The lowest BCUT2D eigenvalue weighted by molar-refractivity contribution is -0.129. The molecular formula is C27H35N3O4. The summed E-state index contributed by atoms with van der Waals surface area (Å²) in [6.07, 6.45) is 12.2. The second-order valence-electron chi connectivity index (χ2n) is 10.2. The zero-order valence-electron chi connectivity index (χ0n) is 20.5. The van der Waals surface area contributed by atoms with Gasteiger partial charge in [-0.3, -0.25) is 4.79 Å². The van der Waals surface area contributed by atoms with Crippen LogP contribution in [0.2, 0.25) is 0 Å². The van der Waals surface area contributed by atoms with Crippen molar-refractivity contribution < 1.29 is 19.1 Å². The summed E-state index contributed by atoms with van der Waals surface area (Å²) in [5.41, 5.74) is 3.80.